The standard InChI is InChI=1S/C19H20N2O4/c1-3-12-5-4-6-14-15(9-10-25-17(12)14)21-18(22)16-8-7-13(19(23)24)11(2)20-16/h4-8,15H,3,9-10H2,1-2H3,(H,21,22)(H,23,24). The molecule has 0 saturated heterocycles. The van der Waals surface area contributed by atoms with Gasteiger partial charge in [0, 0.05) is 12.0 Å². The highest BCUT2D eigenvalue weighted by molar-refractivity contribution is 5.94. The highest BCUT2D eigenvalue weighted by Gasteiger charge is 2.25. The predicted octanol–water partition coefficient (Wildman–Crippen LogP) is 2.90. The third kappa shape index (κ3) is 3.33. The van der Waals surface area contributed by atoms with Crippen molar-refractivity contribution in [2.24, 2.45) is 0 Å². The molecule has 6 nitrogen and oxygen atoms in total. The number of pyridine rings is 1. The largest absolute Gasteiger partial charge is 0.493 e. The average molecular weight is 340 g/mol. The van der Waals surface area contributed by atoms with Gasteiger partial charge in [-0.1, -0.05) is 25.1 Å². The number of ether oxygens (including phenoxy) is 1. The van der Waals surface area contributed by atoms with Crippen LogP contribution in [0.25, 0.3) is 0 Å². The van der Waals surface area contributed by atoms with Crippen molar-refractivity contribution >= 4 is 11.9 Å². The Morgan fingerprint density at radius 2 is 2.12 bits per heavy atom. The first kappa shape index (κ1) is 17.0. The van der Waals surface area contributed by atoms with Crippen LogP contribution in [-0.4, -0.2) is 28.6 Å². The molecule has 1 aromatic heterocycles. The van der Waals surface area contributed by atoms with Crippen LogP contribution in [0.1, 0.15) is 57.1 Å². The molecular weight excluding hydrogens is 320 g/mol. The molecule has 2 heterocycles. The summed E-state index contributed by atoms with van der Waals surface area (Å²) in [6.45, 7) is 4.19. The lowest BCUT2D eigenvalue weighted by atomic mass is 9.96. The van der Waals surface area contributed by atoms with Gasteiger partial charge >= 0.3 is 5.97 Å². The Balaban J connectivity index is 1.83. The number of benzene rings is 1. The fraction of sp³-hybridized carbons (Fsp3) is 0.316. The highest BCUT2D eigenvalue weighted by atomic mass is 16.5. The Labute approximate surface area is 145 Å². The fourth-order valence-electron chi connectivity index (χ4n) is 3.06. The average Bonchev–Trinajstić information content (AvgIpc) is 2.61. The second-order valence-corrected chi connectivity index (χ2v) is 5.99. The Morgan fingerprint density at radius 3 is 2.80 bits per heavy atom. The molecule has 0 radical (unpaired) electrons. The smallest absolute Gasteiger partial charge is 0.337 e. The van der Waals surface area contributed by atoms with E-state index >= 15 is 0 Å². The molecule has 2 N–H and O–H groups in total. The molecule has 130 valence electrons. The lowest BCUT2D eigenvalue weighted by Crippen LogP contribution is -2.33. The molecule has 3 rings (SSSR count). The number of carboxylic acid groups (broad SMARTS) is 1. The van der Waals surface area contributed by atoms with E-state index in [-0.39, 0.29) is 23.2 Å². The summed E-state index contributed by atoms with van der Waals surface area (Å²) in [4.78, 5) is 27.7. The van der Waals surface area contributed by atoms with Crippen LogP contribution < -0.4 is 10.1 Å². The second kappa shape index (κ2) is 6.93. The van der Waals surface area contributed by atoms with Crippen LogP contribution in [-0.2, 0) is 6.42 Å². The summed E-state index contributed by atoms with van der Waals surface area (Å²) in [7, 11) is 0. The molecule has 0 aliphatic carbocycles. The van der Waals surface area contributed by atoms with Crippen molar-refractivity contribution in [1.82, 2.24) is 10.3 Å². The quantitative estimate of drug-likeness (QED) is 0.893. The fourth-order valence-corrected chi connectivity index (χ4v) is 3.06. The van der Waals surface area contributed by atoms with E-state index < -0.39 is 5.97 Å². The highest BCUT2D eigenvalue weighted by Crippen LogP contribution is 2.35. The number of hydrogen-bond donors (Lipinski definition) is 2. The van der Waals surface area contributed by atoms with Crippen LogP contribution in [0.4, 0.5) is 0 Å². The maximum absolute atomic E-state index is 12.5. The van der Waals surface area contributed by atoms with Crippen molar-refractivity contribution in [2.45, 2.75) is 32.7 Å². The number of carbonyl (C=O) groups is 2. The van der Waals surface area contributed by atoms with Gasteiger partial charge in [0.1, 0.15) is 11.4 Å². The Morgan fingerprint density at radius 1 is 1.32 bits per heavy atom. The molecule has 6 heteroatoms. The number of amides is 1. The van der Waals surface area contributed by atoms with Gasteiger partial charge < -0.3 is 15.2 Å². The van der Waals surface area contributed by atoms with Crippen LogP contribution in [0.2, 0.25) is 0 Å². The predicted molar refractivity (Wildman–Crippen MR) is 92.1 cm³/mol. The van der Waals surface area contributed by atoms with Crippen molar-refractivity contribution in [3.05, 3.63) is 58.4 Å². The van der Waals surface area contributed by atoms with Crippen LogP contribution in [0.15, 0.2) is 30.3 Å². The zero-order valence-corrected chi connectivity index (χ0v) is 14.2. The van der Waals surface area contributed by atoms with Crippen LogP contribution >= 0.6 is 0 Å². The summed E-state index contributed by atoms with van der Waals surface area (Å²) < 4.78 is 5.79. The number of nitrogens with one attached hydrogen (secondary N) is 1. The molecule has 1 aliphatic rings. The van der Waals surface area contributed by atoms with E-state index in [2.05, 4.69) is 17.2 Å². The Hall–Kier alpha value is -2.89. The van der Waals surface area contributed by atoms with E-state index in [9.17, 15) is 9.59 Å². The molecule has 0 bridgehead atoms. The summed E-state index contributed by atoms with van der Waals surface area (Å²) in [6.07, 6.45) is 1.54. The van der Waals surface area contributed by atoms with Gasteiger partial charge in [0.05, 0.1) is 23.9 Å². The molecule has 2 aromatic rings. The number of nitrogens with zero attached hydrogens (tertiary/aromatic N) is 1. The van der Waals surface area contributed by atoms with Crippen molar-refractivity contribution in [3.63, 3.8) is 0 Å². The zero-order chi connectivity index (χ0) is 18.0. The molecular formula is C19H20N2O4. The molecule has 1 aromatic carbocycles. The first-order valence-electron chi connectivity index (χ1n) is 8.27. The number of rotatable bonds is 4. The maximum atomic E-state index is 12.5. The van der Waals surface area contributed by atoms with Gasteiger partial charge in [0.25, 0.3) is 5.91 Å². The molecule has 0 spiro atoms. The Kier molecular flexibility index (Phi) is 4.70. The first-order chi connectivity index (χ1) is 12.0. The molecule has 1 unspecified atom stereocenters. The van der Waals surface area contributed by atoms with Gasteiger partial charge in [-0.3, -0.25) is 4.79 Å². The lowest BCUT2D eigenvalue weighted by molar-refractivity contribution is 0.0694. The number of aromatic nitrogens is 1. The monoisotopic (exact) mass is 340 g/mol. The molecule has 0 saturated carbocycles. The summed E-state index contributed by atoms with van der Waals surface area (Å²) in [5, 5.41) is 12.1. The van der Waals surface area contributed by atoms with Gasteiger partial charge in [-0.15, -0.1) is 0 Å². The van der Waals surface area contributed by atoms with Crippen molar-refractivity contribution in [1.29, 1.82) is 0 Å². The van der Waals surface area contributed by atoms with Crippen molar-refractivity contribution in [2.75, 3.05) is 6.61 Å². The van der Waals surface area contributed by atoms with Crippen LogP contribution in [0.5, 0.6) is 5.75 Å². The lowest BCUT2D eigenvalue weighted by Gasteiger charge is -2.28. The van der Waals surface area contributed by atoms with E-state index in [4.69, 9.17) is 9.84 Å². The molecule has 1 amide bonds. The van der Waals surface area contributed by atoms with Gasteiger partial charge in [0.15, 0.2) is 0 Å². The van der Waals surface area contributed by atoms with Crippen LogP contribution in [0.3, 0.4) is 0 Å². The summed E-state index contributed by atoms with van der Waals surface area (Å²) in [5.74, 6) is -0.519. The number of carboxylic acids is 1. The van der Waals surface area contributed by atoms with Gasteiger partial charge in [-0.25, -0.2) is 9.78 Å². The normalized spacial score (nSPS) is 15.8. The molecule has 1 atom stereocenters. The van der Waals surface area contributed by atoms with Gasteiger partial charge in [-0.05, 0) is 31.0 Å². The van der Waals surface area contributed by atoms with E-state index in [1.54, 1.807) is 6.92 Å². The number of fused-ring (bicyclic) bond motifs is 1. The molecule has 1 aliphatic heterocycles. The zero-order valence-electron chi connectivity index (χ0n) is 14.2. The third-order valence-electron chi connectivity index (χ3n) is 4.39. The number of hydrogen-bond acceptors (Lipinski definition) is 4. The molecule has 0 fully saturated rings. The maximum Gasteiger partial charge on any atom is 0.337 e. The minimum Gasteiger partial charge on any atom is -0.493 e. The van der Waals surface area contributed by atoms with E-state index in [0.717, 1.165) is 23.3 Å². The second-order valence-electron chi connectivity index (χ2n) is 5.99. The van der Waals surface area contributed by atoms with Crippen molar-refractivity contribution in [3.8, 4) is 5.75 Å². The topological polar surface area (TPSA) is 88.5 Å². The third-order valence-corrected chi connectivity index (χ3v) is 4.39. The first-order valence-corrected chi connectivity index (χ1v) is 8.27. The minimum atomic E-state index is -1.05. The van der Waals surface area contributed by atoms with Crippen LogP contribution in [0, 0.1) is 6.92 Å². The summed E-state index contributed by atoms with van der Waals surface area (Å²) in [5.41, 5.74) is 2.72. The van der Waals surface area contributed by atoms with E-state index in [0.29, 0.717) is 18.7 Å². The number of aryl methyl sites for hydroxylation is 2. The summed E-state index contributed by atoms with van der Waals surface area (Å²) >= 11 is 0. The Bertz CT molecular complexity index is 832. The van der Waals surface area contributed by atoms with E-state index in [1.807, 2.05) is 18.2 Å². The summed E-state index contributed by atoms with van der Waals surface area (Å²) in [6, 6.07) is 8.66. The minimum absolute atomic E-state index is 0.0977. The van der Waals surface area contributed by atoms with Crippen molar-refractivity contribution < 1.29 is 19.4 Å². The van der Waals surface area contributed by atoms with E-state index in [1.165, 1.54) is 12.1 Å². The number of para-hydroxylation sites is 1. The number of carbonyl (C=O) groups excluding carboxylic acids is 1. The number of aromatic carboxylic acids is 1. The SMILES string of the molecule is CCc1cccc2c1OCCC2NC(=O)c1ccc(C(=O)O)c(C)n1. The van der Waals surface area contributed by atoms with Gasteiger partial charge in [-0.2, -0.15) is 0 Å². The van der Waals surface area contributed by atoms with Gasteiger partial charge in [0.2, 0.25) is 0 Å². The molecule has 25 heavy (non-hydrogen) atoms.